The van der Waals surface area contributed by atoms with Crippen LogP contribution in [0.15, 0.2) is 35.0 Å². The summed E-state index contributed by atoms with van der Waals surface area (Å²) >= 11 is 3.37. The maximum atomic E-state index is 12.2. The Hall–Kier alpha value is -0.520. The molecule has 0 aromatic carbocycles. The van der Waals surface area contributed by atoms with Crippen LogP contribution in [-0.2, 0) is 11.0 Å². The van der Waals surface area contributed by atoms with E-state index in [1.54, 1.807) is 0 Å². The standard InChI is InChI=1S/C14H21BrN2OS/c1-10(2)9-12(17-19(18)14(3,4)5)11-7-6-8-13(15)16-11/h6-8,12,17H,1,9H2,2-5H3/t12-,19+/m0/s1. The SMILES string of the molecule is C=C(C)C[C@H](N[S@](=O)C(C)(C)C)c1cccc(Br)n1. The van der Waals surface area contributed by atoms with Gasteiger partial charge >= 0.3 is 0 Å². The van der Waals surface area contributed by atoms with Crippen molar-refractivity contribution in [1.29, 1.82) is 0 Å². The van der Waals surface area contributed by atoms with E-state index in [-0.39, 0.29) is 10.8 Å². The number of aromatic nitrogens is 1. The molecule has 0 spiro atoms. The van der Waals surface area contributed by atoms with Crippen molar-refractivity contribution in [3.05, 3.63) is 40.6 Å². The monoisotopic (exact) mass is 344 g/mol. The van der Waals surface area contributed by atoms with Crippen molar-refractivity contribution >= 4 is 26.9 Å². The molecule has 1 aromatic heterocycles. The van der Waals surface area contributed by atoms with Crippen molar-refractivity contribution in [1.82, 2.24) is 9.71 Å². The van der Waals surface area contributed by atoms with Gasteiger partial charge in [-0.05, 0) is 62.2 Å². The molecule has 0 aliphatic rings. The van der Waals surface area contributed by atoms with Gasteiger partial charge in [0.15, 0.2) is 0 Å². The third kappa shape index (κ3) is 5.55. The van der Waals surface area contributed by atoms with Crippen LogP contribution >= 0.6 is 15.9 Å². The lowest BCUT2D eigenvalue weighted by Crippen LogP contribution is -2.36. The first-order chi connectivity index (χ1) is 8.70. The summed E-state index contributed by atoms with van der Waals surface area (Å²) in [5, 5.41) is 0. The van der Waals surface area contributed by atoms with Crippen LogP contribution in [0.3, 0.4) is 0 Å². The molecule has 106 valence electrons. The molecular formula is C14H21BrN2OS. The molecule has 0 saturated carbocycles. The van der Waals surface area contributed by atoms with Crippen molar-refractivity contribution in [2.24, 2.45) is 0 Å². The first-order valence-corrected chi connectivity index (χ1v) is 8.09. The molecule has 2 atom stereocenters. The van der Waals surface area contributed by atoms with Crippen molar-refractivity contribution < 1.29 is 4.21 Å². The highest BCUT2D eigenvalue weighted by molar-refractivity contribution is 9.10. The van der Waals surface area contributed by atoms with Crippen molar-refractivity contribution in [2.75, 3.05) is 0 Å². The van der Waals surface area contributed by atoms with E-state index in [4.69, 9.17) is 0 Å². The molecule has 3 nitrogen and oxygen atoms in total. The van der Waals surface area contributed by atoms with Gasteiger partial charge in [-0.15, -0.1) is 6.58 Å². The van der Waals surface area contributed by atoms with Gasteiger partial charge in [-0.1, -0.05) is 11.6 Å². The van der Waals surface area contributed by atoms with Gasteiger partial charge in [0.1, 0.15) is 4.60 Å². The minimum Gasteiger partial charge on any atom is -0.244 e. The second-order valence-corrected chi connectivity index (χ2v) is 8.41. The van der Waals surface area contributed by atoms with Crippen molar-refractivity contribution in [2.45, 2.75) is 44.9 Å². The number of hydrogen-bond acceptors (Lipinski definition) is 2. The van der Waals surface area contributed by atoms with E-state index in [1.807, 2.05) is 45.9 Å². The average Bonchev–Trinajstić information content (AvgIpc) is 2.26. The van der Waals surface area contributed by atoms with Crippen molar-refractivity contribution in [3.8, 4) is 0 Å². The lowest BCUT2D eigenvalue weighted by molar-refractivity contribution is 0.587. The molecular weight excluding hydrogens is 324 g/mol. The molecule has 0 amide bonds. The lowest BCUT2D eigenvalue weighted by Gasteiger charge is -2.24. The molecule has 1 heterocycles. The fourth-order valence-corrected chi connectivity index (χ4v) is 2.65. The normalized spacial score (nSPS) is 15.0. The molecule has 5 heteroatoms. The van der Waals surface area contributed by atoms with E-state index >= 15 is 0 Å². The van der Waals surface area contributed by atoms with Gasteiger partial charge in [0.2, 0.25) is 0 Å². The maximum absolute atomic E-state index is 12.2. The highest BCUT2D eigenvalue weighted by Gasteiger charge is 2.24. The molecule has 0 fully saturated rings. The van der Waals surface area contributed by atoms with Crippen LogP contribution in [0.2, 0.25) is 0 Å². The molecule has 1 aromatic rings. The van der Waals surface area contributed by atoms with Crippen LogP contribution in [0.1, 0.15) is 45.9 Å². The number of nitrogens with one attached hydrogen (secondary N) is 1. The largest absolute Gasteiger partial charge is 0.244 e. The fourth-order valence-electron chi connectivity index (χ4n) is 1.48. The fraction of sp³-hybridized carbons (Fsp3) is 0.500. The summed E-state index contributed by atoms with van der Waals surface area (Å²) in [6.45, 7) is 11.7. The molecule has 1 N–H and O–H groups in total. The minimum atomic E-state index is -1.14. The van der Waals surface area contributed by atoms with E-state index in [9.17, 15) is 4.21 Å². The first kappa shape index (κ1) is 16.5. The summed E-state index contributed by atoms with van der Waals surface area (Å²) in [5.74, 6) is 0. The minimum absolute atomic E-state index is 0.0879. The highest BCUT2D eigenvalue weighted by atomic mass is 79.9. The summed E-state index contributed by atoms with van der Waals surface area (Å²) < 4.78 is 15.9. The lowest BCUT2D eigenvalue weighted by atomic mass is 10.1. The summed E-state index contributed by atoms with van der Waals surface area (Å²) in [6.07, 6.45) is 0.714. The van der Waals surface area contributed by atoms with E-state index in [2.05, 4.69) is 32.2 Å². The van der Waals surface area contributed by atoms with Gasteiger partial charge in [-0.3, -0.25) is 0 Å². The Labute approximate surface area is 126 Å². The molecule has 0 unspecified atom stereocenters. The first-order valence-electron chi connectivity index (χ1n) is 6.15. The third-order valence-corrected chi connectivity index (χ3v) is 4.50. The van der Waals surface area contributed by atoms with Gasteiger partial charge in [0, 0.05) is 0 Å². The average molecular weight is 345 g/mol. The summed E-state index contributed by atoms with van der Waals surface area (Å²) in [5.41, 5.74) is 1.90. The highest BCUT2D eigenvalue weighted by Crippen LogP contribution is 2.23. The van der Waals surface area contributed by atoms with Gasteiger partial charge in [0.25, 0.3) is 0 Å². The smallest absolute Gasteiger partial charge is 0.106 e. The number of halogens is 1. The zero-order valence-electron chi connectivity index (χ0n) is 11.9. The second-order valence-electron chi connectivity index (χ2n) is 5.60. The van der Waals surface area contributed by atoms with Crippen LogP contribution < -0.4 is 4.72 Å². The number of hydrogen-bond donors (Lipinski definition) is 1. The van der Waals surface area contributed by atoms with Gasteiger partial charge in [0.05, 0.1) is 27.5 Å². The molecule has 0 aliphatic carbocycles. The Balaban J connectivity index is 2.96. The Bertz CT molecular complexity index is 483. The van der Waals surface area contributed by atoms with Crippen LogP contribution in [0.25, 0.3) is 0 Å². The molecule has 0 bridgehead atoms. The predicted molar refractivity (Wildman–Crippen MR) is 85.1 cm³/mol. The second kappa shape index (κ2) is 6.77. The Morgan fingerprint density at radius 3 is 2.63 bits per heavy atom. The Morgan fingerprint density at radius 1 is 1.53 bits per heavy atom. The molecule has 0 aliphatic heterocycles. The molecule has 19 heavy (non-hydrogen) atoms. The molecule has 0 saturated heterocycles. The third-order valence-electron chi connectivity index (χ3n) is 2.45. The van der Waals surface area contributed by atoms with Crippen LogP contribution in [0.4, 0.5) is 0 Å². The molecule has 0 radical (unpaired) electrons. The summed E-state index contributed by atoms with van der Waals surface area (Å²) in [4.78, 5) is 4.44. The number of pyridine rings is 1. The maximum Gasteiger partial charge on any atom is 0.106 e. The van der Waals surface area contributed by atoms with Gasteiger partial charge < -0.3 is 0 Å². The van der Waals surface area contributed by atoms with Crippen LogP contribution in [0, 0.1) is 0 Å². The van der Waals surface area contributed by atoms with Gasteiger partial charge in [-0.25, -0.2) is 13.9 Å². The van der Waals surface area contributed by atoms with E-state index in [0.717, 1.165) is 15.9 Å². The Morgan fingerprint density at radius 2 is 2.16 bits per heavy atom. The van der Waals surface area contributed by atoms with E-state index in [0.29, 0.717) is 6.42 Å². The summed E-state index contributed by atoms with van der Waals surface area (Å²) in [6, 6.07) is 5.65. The van der Waals surface area contributed by atoms with Crippen molar-refractivity contribution in [3.63, 3.8) is 0 Å². The predicted octanol–water partition coefficient (Wildman–Crippen LogP) is 3.90. The van der Waals surface area contributed by atoms with E-state index < -0.39 is 11.0 Å². The number of rotatable bonds is 5. The van der Waals surface area contributed by atoms with E-state index in [1.165, 1.54) is 0 Å². The topological polar surface area (TPSA) is 42.0 Å². The quantitative estimate of drug-likeness (QED) is 0.650. The van der Waals surface area contributed by atoms with Gasteiger partial charge in [-0.2, -0.15) is 0 Å². The van der Waals surface area contributed by atoms with Crippen LogP contribution in [-0.4, -0.2) is 13.9 Å². The zero-order valence-corrected chi connectivity index (χ0v) is 14.3. The zero-order chi connectivity index (χ0) is 14.6. The Kier molecular flexibility index (Phi) is 5.89. The summed E-state index contributed by atoms with van der Waals surface area (Å²) in [7, 11) is -1.14. The number of nitrogens with zero attached hydrogens (tertiary/aromatic N) is 1. The van der Waals surface area contributed by atoms with Crippen LogP contribution in [0.5, 0.6) is 0 Å². The molecule has 1 rings (SSSR count).